The van der Waals surface area contributed by atoms with Gasteiger partial charge in [0, 0.05) is 5.69 Å². The van der Waals surface area contributed by atoms with Gasteiger partial charge in [-0.1, -0.05) is 30.3 Å². The molecular formula is C15H16N2. The van der Waals surface area contributed by atoms with Crippen molar-refractivity contribution in [3.05, 3.63) is 54.1 Å². The van der Waals surface area contributed by atoms with E-state index in [1.807, 2.05) is 0 Å². The van der Waals surface area contributed by atoms with Crippen LogP contribution < -0.4 is 10.2 Å². The summed E-state index contributed by atoms with van der Waals surface area (Å²) in [5.74, 6) is 0. The number of hydrogen-bond donors (Lipinski definition) is 1. The molecule has 0 saturated heterocycles. The highest BCUT2D eigenvalue weighted by Crippen LogP contribution is 2.40. The summed E-state index contributed by atoms with van der Waals surface area (Å²) in [6.45, 7) is 4.34. The number of benzene rings is 2. The van der Waals surface area contributed by atoms with Gasteiger partial charge in [0.25, 0.3) is 0 Å². The van der Waals surface area contributed by atoms with Crippen LogP contribution in [0, 0.1) is 6.92 Å². The highest BCUT2D eigenvalue weighted by Gasteiger charge is 2.26. The van der Waals surface area contributed by atoms with E-state index in [0.29, 0.717) is 6.17 Å². The van der Waals surface area contributed by atoms with Crippen LogP contribution >= 0.6 is 0 Å². The number of nitrogens with one attached hydrogen (secondary N) is 1. The topological polar surface area (TPSA) is 15.3 Å². The van der Waals surface area contributed by atoms with Gasteiger partial charge in [0.15, 0.2) is 0 Å². The highest BCUT2D eigenvalue weighted by atomic mass is 15.3. The number of anilines is 3. The molecule has 0 radical (unpaired) electrons. The van der Waals surface area contributed by atoms with Gasteiger partial charge >= 0.3 is 0 Å². The molecule has 1 heterocycles. The number of fused-ring (bicyclic) bond motifs is 1. The molecule has 1 aliphatic heterocycles. The molecule has 1 atom stereocenters. The Morgan fingerprint density at radius 2 is 1.59 bits per heavy atom. The van der Waals surface area contributed by atoms with Crippen molar-refractivity contribution >= 4 is 17.1 Å². The van der Waals surface area contributed by atoms with Crippen LogP contribution in [0.15, 0.2) is 48.5 Å². The summed E-state index contributed by atoms with van der Waals surface area (Å²) in [7, 11) is 0. The fourth-order valence-corrected chi connectivity index (χ4v) is 2.48. The third-order valence-corrected chi connectivity index (χ3v) is 3.29. The fourth-order valence-electron chi connectivity index (χ4n) is 2.48. The molecule has 0 unspecified atom stereocenters. The standard InChI is InChI=1S/C15H16N2/c1-11-7-3-5-9-14(11)17-12(2)16-13-8-4-6-10-15(13)17/h3-10,12,16H,1-2H3/t12-/m0/s1. The fraction of sp³-hybridized carbons (Fsp3) is 0.200. The first kappa shape index (κ1) is 10.2. The van der Waals surface area contributed by atoms with E-state index in [9.17, 15) is 0 Å². The Bertz CT molecular complexity index is 548. The molecular weight excluding hydrogens is 208 g/mol. The molecule has 0 fully saturated rings. The number of hydrogen-bond acceptors (Lipinski definition) is 2. The van der Waals surface area contributed by atoms with Crippen molar-refractivity contribution in [1.29, 1.82) is 0 Å². The van der Waals surface area contributed by atoms with E-state index in [1.54, 1.807) is 0 Å². The van der Waals surface area contributed by atoms with Crippen molar-refractivity contribution in [2.75, 3.05) is 10.2 Å². The van der Waals surface area contributed by atoms with Gasteiger partial charge in [0.05, 0.1) is 11.4 Å². The lowest BCUT2D eigenvalue weighted by molar-refractivity contribution is 0.840. The minimum absolute atomic E-state index is 0.300. The first-order valence-electron chi connectivity index (χ1n) is 5.98. The van der Waals surface area contributed by atoms with Crippen LogP contribution in [0.2, 0.25) is 0 Å². The molecule has 0 bridgehead atoms. The third kappa shape index (κ3) is 1.57. The lowest BCUT2D eigenvalue weighted by Crippen LogP contribution is -2.28. The van der Waals surface area contributed by atoms with Crippen LogP contribution in [-0.4, -0.2) is 6.17 Å². The third-order valence-electron chi connectivity index (χ3n) is 3.29. The Labute approximate surface area is 102 Å². The van der Waals surface area contributed by atoms with Gasteiger partial charge in [-0.05, 0) is 37.6 Å². The second-order valence-corrected chi connectivity index (χ2v) is 4.49. The monoisotopic (exact) mass is 224 g/mol. The normalized spacial score (nSPS) is 17.8. The van der Waals surface area contributed by atoms with Gasteiger partial charge in [-0.25, -0.2) is 0 Å². The van der Waals surface area contributed by atoms with E-state index in [0.717, 1.165) is 0 Å². The Kier molecular flexibility index (Phi) is 2.29. The van der Waals surface area contributed by atoms with Crippen molar-refractivity contribution < 1.29 is 0 Å². The quantitative estimate of drug-likeness (QED) is 0.790. The summed E-state index contributed by atoms with van der Waals surface area (Å²) in [5, 5.41) is 3.50. The van der Waals surface area contributed by atoms with Crippen LogP contribution in [0.1, 0.15) is 12.5 Å². The summed E-state index contributed by atoms with van der Waals surface area (Å²) < 4.78 is 0. The predicted octanol–water partition coefficient (Wildman–Crippen LogP) is 3.90. The zero-order valence-electron chi connectivity index (χ0n) is 10.1. The van der Waals surface area contributed by atoms with Gasteiger partial charge in [0.2, 0.25) is 0 Å². The van der Waals surface area contributed by atoms with Crippen LogP contribution in [0.5, 0.6) is 0 Å². The minimum atomic E-state index is 0.300. The van der Waals surface area contributed by atoms with E-state index in [2.05, 4.69) is 72.6 Å². The van der Waals surface area contributed by atoms with Crippen LogP contribution in [0.25, 0.3) is 0 Å². The van der Waals surface area contributed by atoms with Crippen LogP contribution in [0.4, 0.5) is 17.1 Å². The maximum absolute atomic E-state index is 3.50. The molecule has 0 saturated carbocycles. The maximum atomic E-state index is 3.50. The molecule has 1 N–H and O–H groups in total. The second kappa shape index (κ2) is 3.81. The summed E-state index contributed by atoms with van der Waals surface area (Å²) in [4.78, 5) is 2.35. The second-order valence-electron chi connectivity index (χ2n) is 4.49. The molecule has 2 aromatic rings. The summed E-state index contributed by atoms with van der Waals surface area (Å²) >= 11 is 0. The molecule has 0 amide bonds. The first-order chi connectivity index (χ1) is 8.27. The van der Waals surface area contributed by atoms with E-state index >= 15 is 0 Å². The summed E-state index contributed by atoms with van der Waals surface area (Å²) in [5.41, 5.74) is 5.05. The van der Waals surface area contributed by atoms with Gasteiger partial charge in [-0.2, -0.15) is 0 Å². The van der Waals surface area contributed by atoms with Gasteiger partial charge in [-0.3, -0.25) is 0 Å². The van der Waals surface area contributed by atoms with Crippen molar-refractivity contribution in [3.63, 3.8) is 0 Å². The minimum Gasteiger partial charge on any atom is -0.363 e. The predicted molar refractivity (Wildman–Crippen MR) is 72.8 cm³/mol. The Hall–Kier alpha value is -1.96. The van der Waals surface area contributed by atoms with Gasteiger partial charge < -0.3 is 10.2 Å². The van der Waals surface area contributed by atoms with Crippen molar-refractivity contribution in [2.24, 2.45) is 0 Å². The molecule has 0 spiro atoms. The van der Waals surface area contributed by atoms with Crippen LogP contribution in [-0.2, 0) is 0 Å². The molecule has 86 valence electrons. The lowest BCUT2D eigenvalue weighted by Gasteiger charge is -2.25. The SMILES string of the molecule is Cc1ccccc1N1c2ccccc2N[C@@H]1C. The van der Waals surface area contributed by atoms with E-state index in [4.69, 9.17) is 0 Å². The highest BCUT2D eigenvalue weighted by molar-refractivity contribution is 5.83. The van der Waals surface area contributed by atoms with Gasteiger partial charge in [0.1, 0.15) is 6.17 Å². The lowest BCUT2D eigenvalue weighted by atomic mass is 10.1. The van der Waals surface area contributed by atoms with E-state index in [1.165, 1.54) is 22.6 Å². The molecule has 3 rings (SSSR count). The Morgan fingerprint density at radius 1 is 0.941 bits per heavy atom. The molecule has 17 heavy (non-hydrogen) atoms. The average molecular weight is 224 g/mol. The number of para-hydroxylation sites is 3. The van der Waals surface area contributed by atoms with Crippen molar-refractivity contribution in [3.8, 4) is 0 Å². The molecule has 2 nitrogen and oxygen atoms in total. The molecule has 2 aromatic carbocycles. The van der Waals surface area contributed by atoms with Gasteiger partial charge in [-0.15, -0.1) is 0 Å². The molecule has 0 aromatic heterocycles. The Morgan fingerprint density at radius 3 is 2.35 bits per heavy atom. The summed E-state index contributed by atoms with van der Waals surface area (Å²) in [6, 6.07) is 17.0. The van der Waals surface area contributed by atoms with E-state index < -0.39 is 0 Å². The zero-order valence-corrected chi connectivity index (χ0v) is 10.1. The van der Waals surface area contributed by atoms with E-state index in [-0.39, 0.29) is 0 Å². The number of nitrogens with zero attached hydrogens (tertiary/aromatic N) is 1. The largest absolute Gasteiger partial charge is 0.363 e. The first-order valence-corrected chi connectivity index (χ1v) is 5.98. The summed E-state index contributed by atoms with van der Waals surface area (Å²) in [6.07, 6.45) is 0.300. The van der Waals surface area contributed by atoms with Crippen LogP contribution in [0.3, 0.4) is 0 Å². The molecule has 1 aliphatic rings. The molecule has 0 aliphatic carbocycles. The number of rotatable bonds is 1. The smallest absolute Gasteiger partial charge is 0.101 e. The Balaban J connectivity index is 2.13. The van der Waals surface area contributed by atoms with Crippen molar-refractivity contribution in [1.82, 2.24) is 0 Å². The number of aryl methyl sites for hydroxylation is 1. The molecule has 2 heteroatoms. The van der Waals surface area contributed by atoms with Crippen molar-refractivity contribution in [2.45, 2.75) is 20.0 Å². The zero-order chi connectivity index (χ0) is 11.8. The maximum Gasteiger partial charge on any atom is 0.101 e. The average Bonchev–Trinajstić information content (AvgIpc) is 2.66.